The van der Waals surface area contributed by atoms with E-state index in [2.05, 4.69) is 4.98 Å². The third-order valence-corrected chi connectivity index (χ3v) is 9.60. The van der Waals surface area contributed by atoms with Crippen LogP contribution in [0.1, 0.15) is 55.6 Å². The maximum absolute atomic E-state index is 13.9. The van der Waals surface area contributed by atoms with Gasteiger partial charge in [0, 0.05) is 68.8 Å². The number of anilines is 2. The van der Waals surface area contributed by atoms with Gasteiger partial charge >= 0.3 is 6.18 Å². The predicted octanol–water partition coefficient (Wildman–Crippen LogP) is 5.43. The number of amides is 2. The highest BCUT2D eigenvalue weighted by molar-refractivity contribution is 6.15. The number of aromatic nitrogens is 1. The van der Waals surface area contributed by atoms with Crippen molar-refractivity contribution in [3.8, 4) is 0 Å². The van der Waals surface area contributed by atoms with E-state index in [-0.39, 0.29) is 54.1 Å². The van der Waals surface area contributed by atoms with E-state index in [9.17, 15) is 22.8 Å². The third kappa shape index (κ3) is 7.01. The molecule has 2 aromatic carbocycles. The Morgan fingerprint density at radius 3 is 2.44 bits per heavy atom. The number of hydrogen-bond donors (Lipinski definition) is 4. The molecule has 1 aromatic heterocycles. The van der Waals surface area contributed by atoms with Crippen LogP contribution >= 0.6 is 0 Å². The first kappa shape index (κ1) is 34.5. The van der Waals surface area contributed by atoms with Crippen LogP contribution in [0.2, 0.25) is 0 Å². The Morgan fingerprint density at radius 2 is 1.76 bits per heavy atom. The topological polar surface area (TPSA) is 164 Å². The normalized spacial score (nSPS) is 19.5. The van der Waals surface area contributed by atoms with Crippen LogP contribution in [-0.2, 0) is 20.5 Å². The summed E-state index contributed by atoms with van der Waals surface area (Å²) >= 11 is 0. The summed E-state index contributed by atoms with van der Waals surface area (Å²) in [6, 6.07) is 14.3. The van der Waals surface area contributed by atoms with Crippen LogP contribution in [0, 0.1) is 21.6 Å². The molecule has 3 aliphatic rings. The van der Waals surface area contributed by atoms with E-state index in [1.165, 1.54) is 13.0 Å². The Morgan fingerprint density at radius 1 is 1.02 bits per heavy atom. The van der Waals surface area contributed by atoms with Gasteiger partial charge in [-0.15, -0.1) is 0 Å². The second kappa shape index (κ2) is 13.5. The van der Waals surface area contributed by atoms with E-state index in [4.69, 9.17) is 26.7 Å². The Kier molecular flexibility index (Phi) is 9.31. The summed E-state index contributed by atoms with van der Waals surface area (Å²) in [5, 5.41) is 24.0. The molecular formula is C36H39F3N8O3. The molecule has 2 saturated heterocycles. The van der Waals surface area contributed by atoms with Gasteiger partial charge in [0.15, 0.2) is 5.90 Å². The van der Waals surface area contributed by atoms with E-state index in [1.54, 1.807) is 35.2 Å². The van der Waals surface area contributed by atoms with Crippen molar-refractivity contribution in [1.29, 1.82) is 16.2 Å². The van der Waals surface area contributed by atoms with Gasteiger partial charge in [-0.25, -0.2) is 0 Å². The number of nitrogens with one attached hydrogen (secondary N) is 3. The fourth-order valence-corrected chi connectivity index (χ4v) is 6.86. The smallest absolute Gasteiger partial charge is 0.426 e. The number of ether oxygens (including phenoxy) is 1. The van der Waals surface area contributed by atoms with Crippen LogP contribution in [0.5, 0.6) is 0 Å². The predicted molar refractivity (Wildman–Crippen MR) is 186 cm³/mol. The average Bonchev–Trinajstić information content (AvgIpc) is 3.65. The van der Waals surface area contributed by atoms with Crippen molar-refractivity contribution in [3.63, 3.8) is 0 Å². The number of carbonyl (C=O) groups is 2. The summed E-state index contributed by atoms with van der Waals surface area (Å²) < 4.78 is 44.8. The molecule has 3 aliphatic heterocycles. The number of nitrogens with two attached hydrogens (primary N) is 1. The molecule has 2 fully saturated rings. The summed E-state index contributed by atoms with van der Waals surface area (Å²) in [7, 11) is 0. The first-order chi connectivity index (χ1) is 23.7. The number of carbonyl (C=O) groups excluding carboxylic acids is 2. The largest absolute Gasteiger partial charge is 0.433 e. The number of rotatable bonds is 7. The lowest BCUT2D eigenvalue weighted by atomic mass is 9.85. The van der Waals surface area contributed by atoms with Crippen LogP contribution < -0.4 is 10.6 Å². The number of nitrogen functional groups attached to an aromatic ring is 1. The van der Waals surface area contributed by atoms with Crippen LogP contribution in [-0.4, -0.2) is 83.4 Å². The lowest BCUT2D eigenvalue weighted by Gasteiger charge is -2.29. The van der Waals surface area contributed by atoms with Gasteiger partial charge in [0.25, 0.3) is 0 Å². The SMILES string of the molecule is CC(=N)OC(=N)c1ccc(C2=CCN(C(=O)CN3CC[C@]4(CCN(c5ccc(N)c(C(=N)c6ccnc(C(F)(F)F)c6)c5)C4=O)C3)CC2)cc1.[HH]. The van der Waals surface area contributed by atoms with Crippen molar-refractivity contribution in [2.75, 3.05) is 49.9 Å². The Bertz CT molecular complexity index is 1920. The Labute approximate surface area is 288 Å². The molecule has 1 atom stereocenters. The van der Waals surface area contributed by atoms with Gasteiger partial charge in [-0.1, -0.05) is 18.2 Å². The van der Waals surface area contributed by atoms with Crippen molar-refractivity contribution in [3.05, 3.63) is 94.8 Å². The zero-order valence-electron chi connectivity index (χ0n) is 27.4. The maximum atomic E-state index is 13.9. The number of pyridine rings is 1. The molecule has 0 bridgehead atoms. The minimum Gasteiger partial charge on any atom is -0.426 e. The first-order valence-electron chi connectivity index (χ1n) is 16.2. The summed E-state index contributed by atoms with van der Waals surface area (Å²) in [4.78, 5) is 36.0. The molecule has 6 rings (SSSR count). The van der Waals surface area contributed by atoms with Crippen LogP contribution in [0.3, 0.4) is 0 Å². The van der Waals surface area contributed by atoms with E-state index in [1.807, 2.05) is 28.0 Å². The van der Waals surface area contributed by atoms with Crippen molar-refractivity contribution in [1.82, 2.24) is 14.8 Å². The van der Waals surface area contributed by atoms with Gasteiger partial charge in [0.2, 0.25) is 17.7 Å². The van der Waals surface area contributed by atoms with Gasteiger partial charge in [0.05, 0.1) is 17.7 Å². The molecule has 0 unspecified atom stereocenters. The number of alkyl halides is 3. The van der Waals surface area contributed by atoms with Crippen LogP contribution in [0.25, 0.3) is 5.57 Å². The van der Waals surface area contributed by atoms with Gasteiger partial charge in [-0.05, 0) is 79.4 Å². The minimum atomic E-state index is -4.66. The second-order valence-electron chi connectivity index (χ2n) is 12.9. The Balaban J connectivity index is 0.00000504. The zero-order valence-corrected chi connectivity index (χ0v) is 27.4. The van der Waals surface area contributed by atoms with Gasteiger partial charge in [-0.2, -0.15) is 13.2 Å². The van der Waals surface area contributed by atoms with Gasteiger partial charge in [-0.3, -0.25) is 35.7 Å². The van der Waals surface area contributed by atoms with Crippen molar-refractivity contribution in [2.45, 2.75) is 32.4 Å². The lowest BCUT2D eigenvalue weighted by Crippen LogP contribution is -2.43. The van der Waals surface area contributed by atoms with Gasteiger partial charge < -0.3 is 20.3 Å². The molecule has 1 spiro atoms. The van der Waals surface area contributed by atoms with E-state index >= 15 is 0 Å². The fraction of sp³-hybridized carbons (Fsp3) is 0.333. The summed E-state index contributed by atoms with van der Waals surface area (Å²) in [6.45, 7) is 4.19. The first-order valence-corrected chi connectivity index (χ1v) is 16.2. The molecule has 0 saturated carbocycles. The average molecular weight is 689 g/mol. The summed E-state index contributed by atoms with van der Waals surface area (Å²) in [6.07, 6.45) is 0.259. The highest BCUT2D eigenvalue weighted by Gasteiger charge is 2.51. The quantitative estimate of drug-likeness (QED) is 0.147. The molecule has 2 amide bonds. The number of likely N-dealkylation sites (tertiary alicyclic amines) is 1. The number of nitrogens with zero attached hydrogens (tertiary/aromatic N) is 4. The van der Waals surface area contributed by atoms with Crippen molar-refractivity contribution < 1.29 is 28.9 Å². The standard InChI is InChI=1S/C36H37F3N8O3.H2/c1-22(40)50-33(43)25-4-2-23(3-5-25)24-9-14-46(15-10-24)31(48)20-45-16-11-35(21-45)12-17-47(34(35)49)27-6-7-29(41)28(19-27)32(42)26-8-13-44-30(18-26)36(37,38)39;/h2-9,13,18-19,40,42-43H,10-12,14-17,20-21,41H2,1H3;1H/t35-;/m0./s1. The molecule has 5 N–H and O–H groups in total. The third-order valence-electron chi connectivity index (χ3n) is 9.60. The molecule has 3 aromatic rings. The number of benzene rings is 2. The summed E-state index contributed by atoms with van der Waals surface area (Å²) in [5.74, 6) is -0.218. The van der Waals surface area contributed by atoms with Crippen LogP contribution in [0.15, 0.2) is 66.9 Å². The molecule has 262 valence electrons. The highest BCUT2D eigenvalue weighted by Crippen LogP contribution is 2.43. The Hall–Kier alpha value is -5.37. The van der Waals surface area contributed by atoms with E-state index in [0.29, 0.717) is 63.2 Å². The molecule has 0 aliphatic carbocycles. The fourth-order valence-electron chi connectivity index (χ4n) is 6.86. The second-order valence-corrected chi connectivity index (χ2v) is 12.9. The molecular weight excluding hydrogens is 649 g/mol. The number of halogens is 3. The zero-order chi connectivity index (χ0) is 35.8. The lowest BCUT2D eigenvalue weighted by molar-refractivity contribution is -0.141. The van der Waals surface area contributed by atoms with Crippen LogP contribution in [0.4, 0.5) is 24.5 Å². The van der Waals surface area contributed by atoms with Crippen molar-refractivity contribution in [2.24, 2.45) is 5.41 Å². The van der Waals surface area contributed by atoms with Gasteiger partial charge in [0.1, 0.15) is 5.69 Å². The summed E-state index contributed by atoms with van der Waals surface area (Å²) in [5.41, 5.74) is 7.82. The van der Waals surface area contributed by atoms with Crippen molar-refractivity contribution >= 4 is 46.3 Å². The molecule has 4 heterocycles. The molecule has 0 radical (unpaired) electrons. The number of hydrogen-bond acceptors (Lipinski definition) is 9. The molecule has 50 heavy (non-hydrogen) atoms. The minimum absolute atomic E-state index is 0. The monoisotopic (exact) mass is 688 g/mol. The van der Waals surface area contributed by atoms with E-state index in [0.717, 1.165) is 23.4 Å². The van der Waals surface area contributed by atoms with E-state index < -0.39 is 17.3 Å². The maximum Gasteiger partial charge on any atom is 0.433 e. The highest BCUT2D eigenvalue weighted by atomic mass is 19.4. The molecule has 11 nitrogen and oxygen atoms in total. The molecule has 14 heteroatoms.